The third kappa shape index (κ3) is 3.59. The summed E-state index contributed by atoms with van der Waals surface area (Å²) in [7, 11) is -4.20. The lowest BCUT2D eigenvalue weighted by atomic mass is 9.96. The minimum atomic E-state index is -4.20. The van der Waals surface area contributed by atoms with E-state index in [1.54, 1.807) is 48.5 Å². The normalized spacial score (nSPS) is 13.7. The van der Waals surface area contributed by atoms with Crippen molar-refractivity contribution in [1.29, 1.82) is 0 Å². The summed E-state index contributed by atoms with van der Waals surface area (Å²) in [5.41, 5.74) is 2.36. The summed E-state index contributed by atoms with van der Waals surface area (Å²) in [5.74, 6) is 0.321. The zero-order chi connectivity index (χ0) is 22.3. The molecule has 0 atom stereocenters. The van der Waals surface area contributed by atoms with Crippen LogP contribution in [-0.2, 0) is 22.9 Å². The first kappa shape index (κ1) is 20.8. The number of hydrogen-bond acceptors (Lipinski definition) is 4. The Morgan fingerprint density at radius 1 is 0.906 bits per heavy atom. The molecule has 0 aliphatic heterocycles. The molecule has 0 radical (unpaired) electrons. The Kier molecular flexibility index (Phi) is 5.27. The van der Waals surface area contributed by atoms with Crippen LogP contribution in [0.4, 0.5) is 5.69 Å². The number of nitrogens with zero attached hydrogens (tertiary/aromatic N) is 1. The fraction of sp³-hybridized carbons (Fsp3) is 0.160. The van der Waals surface area contributed by atoms with E-state index in [-0.39, 0.29) is 16.1 Å². The molecule has 1 heterocycles. The molecule has 7 heteroatoms. The Balaban J connectivity index is 1.69. The monoisotopic (exact) mass is 465 g/mol. The van der Waals surface area contributed by atoms with Gasteiger partial charge in [-0.25, -0.2) is 8.42 Å². The highest BCUT2D eigenvalue weighted by atomic mass is 35.5. The van der Waals surface area contributed by atoms with E-state index in [2.05, 4.69) is 0 Å². The van der Waals surface area contributed by atoms with Crippen molar-refractivity contribution in [3.05, 3.63) is 94.7 Å². The van der Waals surface area contributed by atoms with Gasteiger partial charge in [0.1, 0.15) is 11.3 Å². The molecular weight excluding hydrogens is 446 g/mol. The van der Waals surface area contributed by atoms with Crippen molar-refractivity contribution in [2.75, 3.05) is 4.31 Å². The molecule has 1 amide bonds. The first-order chi connectivity index (χ1) is 15.4. The lowest BCUT2D eigenvalue weighted by Gasteiger charge is -2.23. The average molecular weight is 466 g/mol. The van der Waals surface area contributed by atoms with Crippen molar-refractivity contribution in [3.8, 4) is 0 Å². The second-order valence-electron chi connectivity index (χ2n) is 7.79. The molecule has 4 aromatic rings. The van der Waals surface area contributed by atoms with Gasteiger partial charge in [-0.3, -0.25) is 4.79 Å². The first-order valence-corrected chi connectivity index (χ1v) is 12.2. The summed E-state index contributed by atoms with van der Waals surface area (Å²) in [6.07, 6.45) is 3.88. The SMILES string of the molecule is O=C(c1ccccc1)N(c1ccc2oc3c(c2c1)CCCC3)S(=O)(=O)c1ccc(Cl)cc1. The Hall–Kier alpha value is -3.09. The highest BCUT2D eigenvalue weighted by Gasteiger charge is 2.32. The van der Waals surface area contributed by atoms with E-state index in [1.165, 1.54) is 24.3 Å². The van der Waals surface area contributed by atoms with Gasteiger partial charge < -0.3 is 4.42 Å². The van der Waals surface area contributed by atoms with Crippen molar-refractivity contribution < 1.29 is 17.6 Å². The number of fused-ring (bicyclic) bond motifs is 3. The summed E-state index contributed by atoms with van der Waals surface area (Å²) >= 11 is 5.95. The molecule has 0 N–H and O–H groups in total. The van der Waals surface area contributed by atoms with E-state index in [9.17, 15) is 13.2 Å². The van der Waals surface area contributed by atoms with E-state index in [4.69, 9.17) is 16.0 Å². The number of halogens is 1. The molecule has 0 fully saturated rings. The van der Waals surface area contributed by atoms with Gasteiger partial charge in [-0.05, 0) is 73.9 Å². The minimum absolute atomic E-state index is 0.0134. The van der Waals surface area contributed by atoms with Crippen LogP contribution in [-0.4, -0.2) is 14.3 Å². The van der Waals surface area contributed by atoms with Crippen LogP contribution < -0.4 is 4.31 Å². The zero-order valence-corrected chi connectivity index (χ0v) is 18.7. The summed E-state index contributed by atoms with van der Waals surface area (Å²) in [6.45, 7) is 0. The standard InChI is InChI=1S/C25H20ClNO4S/c26-18-10-13-20(14-11-18)32(29,30)27(25(28)17-6-2-1-3-7-17)19-12-15-24-22(16-19)21-8-4-5-9-23(21)31-24/h1-3,6-7,10-16H,4-5,8-9H2. The Bertz CT molecular complexity index is 1410. The van der Waals surface area contributed by atoms with Crippen LogP contribution in [0.25, 0.3) is 11.0 Å². The lowest BCUT2D eigenvalue weighted by molar-refractivity contribution is 0.101. The fourth-order valence-electron chi connectivity index (χ4n) is 4.15. The van der Waals surface area contributed by atoms with Gasteiger partial charge in [-0.15, -0.1) is 0 Å². The molecule has 1 aliphatic rings. The van der Waals surface area contributed by atoms with E-state index in [1.807, 2.05) is 0 Å². The Labute approximate surface area is 191 Å². The zero-order valence-electron chi connectivity index (χ0n) is 17.1. The average Bonchev–Trinajstić information content (AvgIpc) is 3.18. The number of aryl methyl sites for hydroxylation is 2. The number of carbonyl (C=O) groups excluding carboxylic acids is 1. The van der Waals surface area contributed by atoms with Crippen molar-refractivity contribution in [3.63, 3.8) is 0 Å². The van der Waals surface area contributed by atoms with Gasteiger partial charge in [0, 0.05) is 28.0 Å². The van der Waals surface area contributed by atoms with Gasteiger partial charge in [0.25, 0.3) is 15.9 Å². The predicted molar refractivity (Wildman–Crippen MR) is 125 cm³/mol. The van der Waals surface area contributed by atoms with Gasteiger partial charge in [0.2, 0.25) is 0 Å². The molecular formula is C25H20ClNO4S. The van der Waals surface area contributed by atoms with Gasteiger partial charge in [-0.1, -0.05) is 29.8 Å². The van der Waals surface area contributed by atoms with E-state index >= 15 is 0 Å². The second-order valence-corrected chi connectivity index (χ2v) is 10.0. The van der Waals surface area contributed by atoms with Gasteiger partial charge in [0.05, 0.1) is 10.6 Å². The number of amides is 1. The quantitative estimate of drug-likeness (QED) is 0.370. The van der Waals surface area contributed by atoms with E-state index in [0.29, 0.717) is 10.6 Å². The van der Waals surface area contributed by atoms with Crippen LogP contribution in [0.2, 0.25) is 5.02 Å². The number of anilines is 1. The highest BCUT2D eigenvalue weighted by Crippen LogP contribution is 2.36. The van der Waals surface area contributed by atoms with E-state index in [0.717, 1.165) is 46.7 Å². The molecule has 0 saturated heterocycles. The van der Waals surface area contributed by atoms with Crippen molar-refractivity contribution in [2.45, 2.75) is 30.6 Å². The fourth-order valence-corrected chi connectivity index (χ4v) is 5.68. The van der Waals surface area contributed by atoms with Crippen LogP contribution in [0.5, 0.6) is 0 Å². The van der Waals surface area contributed by atoms with Gasteiger partial charge in [-0.2, -0.15) is 4.31 Å². The number of benzene rings is 3. The first-order valence-electron chi connectivity index (χ1n) is 10.4. The van der Waals surface area contributed by atoms with Crippen LogP contribution in [0.1, 0.15) is 34.5 Å². The van der Waals surface area contributed by atoms with Gasteiger partial charge >= 0.3 is 0 Å². The largest absolute Gasteiger partial charge is 0.461 e. The second kappa shape index (κ2) is 8.11. The molecule has 3 aromatic carbocycles. The molecule has 1 aliphatic carbocycles. The van der Waals surface area contributed by atoms with Crippen LogP contribution in [0.15, 0.2) is 82.1 Å². The maximum atomic E-state index is 13.7. The van der Waals surface area contributed by atoms with Gasteiger partial charge in [0.15, 0.2) is 0 Å². The summed E-state index contributed by atoms with van der Waals surface area (Å²) in [5, 5.41) is 1.27. The number of rotatable bonds is 4. The topological polar surface area (TPSA) is 67.6 Å². The van der Waals surface area contributed by atoms with Crippen molar-refractivity contribution in [2.24, 2.45) is 0 Å². The Morgan fingerprint density at radius 3 is 2.38 bits per heavy atom. The summed E-state index contributed by atoms with van der Waals surface area (Å²) in [6, 6.07) is 19.3. The maximum absolute atomic E-state index is 13.7. The number of sulfonamides is 1. The van der Waals surface area contributed by atoms with E-state index < -0.39 is 15.9 Å². The molecule has 0 bridgehead atoms. The van der Waals surface area contributed by atoms with Crippen molar-refractivity contribution >= 4 is 44.2 Å². The number of furan rings is 1. The Morgan fingerprint density at radius 2 is 1.62 bits per heavy atom. The third-order valence-corrected chi connectivity index (χ3v) is 7.71. The smallest absolute Gasteiger partial charge is 0.272 e. The molecule has 162 valence electrons. The summed E-state index contributed by atoms with van der Waals surface area (Å²) < 4.78 is 34.2. The molecule has 5 nitrogen and oxygen atoms in total. The summed E-state index contributed by atoms with van der Waals surface area (Å²) in [4.78, 5) is 13.5. The molecule has 0 spiro atoms. The molecule has 32 heavy (non-hydrogen) atoms. The third-order valence-electron chi connectivity index (χ3n) is 5.73. The number of hydrogen-bond donors (Lipinski definition) is 0. The van der Waals surface area contributed by atoms with Crippen LogP contribution >= 0.6 is 11.6 Å². The minimum Gasteiger partial charge on any atom is -0.461 e. The number of carbonyl (C=O) groups is 1. The highest BCUT2D eigenvalue weighted by molar-refractivity contribution is 7.93. The molecule has 0 unspecified atom stereocenters. The van der Waals surface area contributed by atoms with Crippen LogP contribution in [0, 0.1) is 0 Å². The molecule has 5 rings (SSSR count). The molecule has 1 aromatic heterocycles. The molecule has 0 saturated carbocycles. The van der Waals surface area contributed by atoms with Crippen LogP contribution in [0.3, 0.4) is 0 Å². The maximum Gasteiger partial charge on any atom is 0.272 e. The lowest BCUT2D eigenvalue weighted by Crippen LogP contribution is -2.37. The predicted octanol–water partition coefficient (Wildman–Crippen LogP) is 6.00. The van der Waals surface area contributed by atoms with Crippen molar-refractivity contribution in [1.82, 2.24) is 0 Å².